The zero-order chi connectivity index (χ0) is 15.4. The summed E-state index contributed by atoms with van der Waals surface area (Å²) >= 11 is 0. The fraction of sp³-hybridized carbons (Fsp3) is 0.375. The van der Waals surface area contributed by atoms with Gasteiger partial charge in [-0.2, -0.15) is 0 Å². The molecule has 0 aliphatic heterocycles. The van der Waals surface area contributed by atoms with Gasteiger partial charge in [-0.15, -0.1) is 0 Å². The van der Waals surface area contributed by atoms with Gasteiger partial charge in [0.25, 0.3) is 0 Å². The molecule has 1 aromatic carbocycles. The molecule has 1 aromatic heterocycles. The van der Waals surface area contributed by atoms with E-state index in [4.69, 9.17) is 4.42 Å². The predicted molar refractivity (Wildman–Crippen MR) is 75.7 cm³/mol. The minimum Gasteiger partial charge on any atom is -0.467 e. The minimum absolute atomic E-state index is 0.0496. The third kappa shape index (κ3) is 4.37. The Hall–Kier alpha value is -1.72. The van der Waals surface area contributed by atoms with Crippen LogP contribution < -0.4 is 5.32 Å². The average molecular weight is 295 g/mol. The molecule has 0 amide bonds. The van der Waals surface area contributed by atoms with E-state index < -0.39 is 17.7 Å². The second kappa shape index (κ2) is 6.83. The van der Waals surface area contributed by atoms with Crippen molar-refractivity contribution in [3.8, 4) is 0 Å². The molecule has 0 aliphatic carbocycles. The highest BCUT2D eigenvalue weighted by molar-refractivity contribution is 5.21. The van der Waals surface area contributed by atoms with Crippen LogP contribution in [0.2, 0.25) is 0 Å². The SMILES string of the molecule is CC(CC(O)c1ccco1)NC(C)c1cc(F)cc(F)c1. The Morgan fingerprint density at radius 1 is 1.19 bits per heavy atom. The van der Waals surface area contributed by atoms with Crippen LogP contribution in [0.3, 0.4) is 0 Å². The van der Waals surface area contributed by atoms with Crippen LogP contribution in [0.15, 0.2) is 41.0 Å². The first-order valence-corrected chi connectivity index (χ1v) is 6.89. The normalized spacial score (nSPS) is 15.7. The highest BCUT2D eigenvalue weighted by atomic mass is 19.1. The zero-order valence-electron chi connectivity index (χ0n) is 12.0. The molecule has 2 aromatic rings. The third-order valence-corrected chi connectivity index (χ3v) is 3.37. The number of furan rings is 1. The smallest absolute Gasteiger partial charge is 0.132 e. The van der Waals surface area contributed by atoms with Gasteiger partial charge in [0.05, 0.1) is 6.26 Å². The maximum Gasteiger partial charge on any atom is 0.132 e. The van der Waals surface area contributed by atoms with Crippen LogP contribution >= 0.6 is 0 Å². The van der Waals surface area contributed by atoms with Crippen molar-refractivity contribution in [2.45, 2.75) is 38.5 Å². The van der Waals surface area contributed by atoms with Gasteiger partial charge in [0.2, 0.25) is 0 Å². The summed E-state index contributed by atoms with van der Waals surface area (Å²) in [6, 6.07) is 6.60. The van der Waals surface area contributed by atoms with Gasteiger partial charge in [-0.25, -0.2) is 8.78 Å². The fourth-order valence-corrected chi connectivity index (χ4v) is 2.35. The topological polar surface area (TPSA) is 45.4 Å². The van der Waals surface area contributed by atoms with Crippen molar-refractivity contribution in [2.24, 2.45) is 0 Å². The molecule has 2 rings (SSSR count). The monoisotopic (exact) mass is 295 g/mol. The number of aliphatic hydroxyl groups excluding tert-OH is 1. The first-order valence-electron chi connectivity index (χ1n) is 6.89. The van der Waals surface area contributed by atoms with E-state index in [2.05, 4.69) is 5.32 Å². The van der Waals surface area contributed by atoms with Crippen molar-refractivity contribution < 1.29 is 18.3 Å². The van der Waals surface area contributed by atoms with Crippen LogP contribution in [0.25, 0.3) is 0 Å². The first-order chi connectivity index (χ1) is 9.95. The summed E-state index contributed by atoms with van der Waals surface area (Å²) in [5.41, 5.74) is 0.534. The van der Waals surface area contributed by atoms with Gasteiger partial charge >= 0.3 is 0 Å². The lowest BCUT2D eigenvalue weighted by molar-refractivity contribution is 0.127. The van der Waals surface area contributed by atoms with Crippen molar-refractivity contribution in [2.75, 3.05) is 0 Å². The standard InChI is InChI=1S/C16H19F2NO2/c1-10(6-15(20)16-4-3-5-21-16)19-11(2)12-7-13(17)9-14(18)8-12/h3-5,7-11,15,19-20H,6H2,1-2H3. The molecule has 114 valence electrons. The van der Waals surface area contributed by atoms with Crippen LogP contribution in [0.1, 0.15) is 43.7 Å². The lowest BCUT2D eigenvalue weighted by Gasteiger charge is -2.22. The molecule has 0 radical (unpaired) electrons. The van der Waals surface area contributed by atoms with E-state index in [0.29, 0.717) is 17.7 Å². The van der Waals surface area contributed by atoms with Crippen LogP contribution in [0, 0.1) is 11.6 Å². The van der Waals surface area contributed by atoms with E-state index in [1.165, 1.54) is 18.4 Å². The maximum absolute atomic E-state index is 13.2. The van der Waals surface area contributed by atoms with Crippen molar-refractivity contribution in [1.29, 1.82) is 0 Å². The highest BCUT2D eigenvalue weighted by Crippen LogP contribution is 2.21. The molecule has 0 spiro atoms. The Labute approximate surface area is 122 Å². The quantitative estimate of drug-likeness (QED) is 0.853. The summed E-state index contributed by atoms with van der Waals surface area (Å²) < 4.78 is 31.5. The summed E-state index contributed by atoms with van der Waals surface area (Å²) in [5, 5.41) is 13.2. The van der Waals surface area contributed by atoms with Crippen LogP contribution in [-0.2, 0) is 0 Å². The Kier molecular flexibility index (Phi) is 5.09. The second-order valence-electron chi connectivity index (χ2n) is 5.26. The second-order valence-corrected chi connectivity index (χ2v) is 5.26. The summed E-state index contributed by atoms with van der Waals surface area (Å²) in [6.07, 6.45) is 1.24. The van der Waals surface area contributed by atoms with Crippen molar-refractivity contribution in [3.63, 3.8) is 0 Å². The lowest BCUT2D eigenvalue weighted by atomic mass is 10.0. The predicted octanol–water partition coefficient (Wildman–Crippen LogP) is 3.72. The summed E-state index contributed by atoms with van der Waals surface area (Å²) in [4.78, 5) is 0. The van der Waals surface area contributed by atoms with Gasteiger partial charge in [-0.3, -0.25) is 0 Å². The molecule has 0 aliphatic rings. The molecule has 0 bridgehead atoms. The number of rotatable bonds is 6. The number of halogens is 2. The van der Waals surface area contributed by atoms with Crippen LogP contribution in [0.4, 0.5) is 8.78 Å². The molecule has 3 nitrogen and oxygen atoms in total. The summed E-state index contributed by atoms with van der Waals surface area (Å²) in [7, 11) is 0. The third-order valence-electron chi connectivity index (χ3n) is 3.37. The minimum atomic E-state index is -0.709. The van der Waals surface area contributed by atoms with Crippen LogP contribution in [-0.4, -0.2) is 11.1 Å². The Morgan fingerprint density at radius 3 is 2.43 bits per heavy atom. The molecule has 0 saturated heterocycles. The van der Waals surface area contributed by atoms with E-state index in [-0.39, 0.29) is 12.1 Å². The van der Waals surface area contributed by atoms with Gasteiger partial charge < -0.3 is 14.8 Å². The number of aliphatic hydroxyl groups is 1. The number of benzene rings is 1. The van der Waals surface area contributed by atoms with E-state index in [1.54, 1.807) is 12.1 Å². The molecule has 21 heavy (non-hydrogen) atoms. The molecular weight excluding hydrogens is 276 g/mol. The van der Waals surface area contributed by atoms with E-state index in [1.807, 2.05) is 13.8 Å². The average Bonchev–Trinajstić information content (AvgIpc) is 2.91. The number of hydrogen-bond donors (Lipinski definition) is 2. The summed E-state index contributed by atoms with van der Waals surface area (Å²) in [6.45, 7) is 3.72. The molecule has 1 heterocycles. The van der Waals surface area contributed by atoms with Crippen LogP contribution in [0.5, 0.6) is 0 Å². The Balaban J connectivity index is 1.94. The van der Waals surface area contributed by atoms with Crippen molar-refractivity contribution in [1.82, 2.24) is 5.32 Å². The highest BCUT2D eigenvalue weighted by Gasteiger charge is 2.17. The first kappa shape index (κ1) is 15.7. The Bertz CT molecular complexity index is 551. The molecule has 3 unspecified atom stereocenters. The molecular formula is C16H19F2NO2. The summed E-state index contributed by atoms with van der Waals surface area (Å²) in [5.74, 6) is -0.683. The molecule has 5 heteroatoms. The molecule has 0 fully saturated rings. The Morgan fingerprint density at radius 2 is 1.86 bits per heavy atom. The van der Waals surface area contributed by atoms with Gasteiger partial charge in [0, 0.05) is 18.2 Å². The van der Waals surface area contributed by atoms with Crippen molar-refractivity contribution >= 4 is 0 Å². The van der Waals surface area contributed by atoms with Gasteiger partial charge in [0.15, 0.2) is 0 Å². The van der Waals surface area contributed by atoms with Gasteiger partial charge in [-0.1, -0.05) is 0 Å². The van der Waals surface area contributed by atoms with E-state index >= 15 is 0 Å². The van der Waals surface area contributed by atoms with Crippen molar-refractivity contribution in [3.05, 3.63) is 59.6 Å². The molecule has 3 atom stereocenters. The number of nitrogens with one attached hydrogen (secondary N) is 1. The van der Waals surface area contributed by atoms with E-state index in [9.17, 15) is 13.9 Å². The fourth-order valence-electron chi connectivity index (χ4n) is 2.35. The van der Waals surface area contributed by atoms with E-state index in [0.717, 1.165) is 6.07 Å². The van der Waals surface area contributed by atoms with Gasteiger partial charge in [-0.05, 0) is 50.1 Å². The van der Waals surface area contributed by atoms with Gasteiger partial charge in [0.1, 0.15) is 23.5 Å². The lowest BCUT2D eigenvalue weighted by Crippen LogP contribution is -2.30. The number of hydrogen-bond acceptors (Lipinski definition) is 3. The largest absolute Gasteiger partial charge is 0.467 e. The maximum atomic E-state index is 13.2. The molecule has 0 saturated carbocycles. The zero-order valence-corrected chi connectivity index (χ0v) is 12.0. The molecule has 2 N–H and O–H groups in total.